The quantitative estimate of drug-likeness (QED) is 0.785. The maximum Gasteiger partial charge on any atom is 0.338 e. The minimum absolute atomic E-state index is 0.0514. The molecule has 1 rings (SSSR count). The first-order valence-electron chi connectivity index (χ1n) is 7.39. The number of ether oxygens (including phenoxy) is 1. The summed E-state index contributed by atoms with van der Waals surface area (Å²) in [6.07, 6.45) is 1.92. The molecule has 0 saturated carbocycles. The molecule has 0 saturated heterocycles. The molecule has 0 bridgehead atoms. The molecule has 0 spiro atoms. The summed E-state index contributed by atoms with van der Waals surface area (Å²) in [7, 11) is 0. The van der Waals surface area contributed by atoms with Gasteiger partial charge in [-0.05, 0) is 43.9 Å². The van der Waals surface area contributed by atoms with Gasteiger partial charge in [-0.15, -0.1) is 0 Å². The van der Waals surface area contributed by atoms with E-state index in [1.807, 2.05) is 13.0 Å². The number of carbonyl (C=O) groups is 2. The van der Waals surface area contributed by atoms with Crippen LogP contribution in [0.4, 0.5) is 0 Å². The highest BCUT2D eigenvalue weighted by atomic mass is 16.5. The number of carbonyl (C=O) groups excluding carboxylic acids is 2. The van der Waals surface area contributed by atoms with Gasteiger partial charge in [0.2, 0.25) is 0 Å². The molecule has 1 aromatic carbocycles. The Labute approximate surface area is 131 Å². The van der Waals surface area contributed by atoms with Crippen LogP contribution in [0.15, 0.2) is 24.3 Å². The molecule has 0 aliphatic rings. The Bertz CT molecular complexity index is 561. The third-order valence-electron chi connectivity index (χ3n) is 3.15. The van der Waals surface area contributed by atoms with Crippen LogP contribution in [0.1, 0.15) is 49.5 Å². The van der Waals surface area contributed by atoms with Crippen molar-refractivity contribution in [2.24, 2.45) is 5.92 Å². The van der Waals surface area contributed by atoms with Gasteiger partial charge >= 0.3 is 5.97 Å². The second-order valence-electron chi connectivity index (χ2n) is 5.71. The fourth-order valence-electron chi connectivity index (χ4n) is 1.90. The zero-order valence-electron chi connectivity index (χ0n) is 13.3. The maximum absolute atomic E-state index is 11.8. The minimum Gasteiger partial charge on any atom is -0.452 e. The van der Waals surface area contributed by atoms with Gasteiger partial charge in [0.15, 0.2) is 6.61 Å². The van der Waals surface area contributed by atoms with Crippen LogP contribution >= 0.6 is 0 Å². The average Bonchev–Trinajstić information content (AvgIpc) is 2.50. The molecule has 1 aromatic rings. The van der Waals surface area contributed by atoms with Crippen molar-refractivity contribution in [3.63, 3.8) is 0 Å². The lowest BCUT2D eigenvalue weighted by molar-refractivity contribution is -0.124. The minimum atomic E-state index is -0.609. The summed E-state index contributed by atoms with van der Waals surface area (Å²) in [4.78, 5) is 23.5. The third-order valence-corrected chi connectivity index (χ3v) is 3.15. The molecule has 0 aliphatic carbocycles. The van der Waals surface area contributed by atoms with Gasteiger partial charge in [-0.1, -0.05) is 19.9 Å². The fourth-order valence-corrected chi connectivity index (χ4v) is 1.90. The van der Waals surface area contributed by atoms with Crippen LogP contribution in [-0.4, -0.2) is 24.5 Å². The maximum atomic E-state index is 11.8. The average molecular weight is 302 g/mol. The summed E-state index contributed by atoms with van der Waals surface area (Å²) in [6, 6.07) is 8.18. The number of rotatable bonds is 7. The Kier molecular flexibility index (Phi) is 7.11. The van der Waals surface area contributed by atoms with Crippen molar-refractivity contribution >= 4 is 11.9 Å². The normalized spacial score (nSPS) is 11.6. The number of nitriles is 1. The Balaban J connectivity index is 2.40. The van der Waals surface area contributed by atoms with Crippen molar-refractivity contribution < 1.29 is 14.3 Å². The van der Waals surface area contributed by atoms with Gasteiger partial charge in [0.1, 0.15) is 0 Å². The summed E-state index contributed by atoms with van der Waals surface area (Å²) in [5.41, 5.74) is 0.640. The van der Waals surface area contributed by atoms with Gasteiger partial charge in [-0.25, -0.2) is 4.79 Å². The third kappa shape index (κ3) is 6.40. The van der Waals surface area contributed by atoms with Gasteiger partial charge in [-0.3, -0.25) is 4.79 Å². The monoisotopic (exact) mass is 302 g/mol. The lowest BCUT2D eigenvalue weighted by Crippen LogP contribution is -2.36. The number of hydrogen-bond acceptors (Lipinski definition) is 4. The van der Waals surface area contributed by atoms with Gasteiger partial charge in [0.05, 0.1) is 17.2 Å². The van der Waals surface area contributed by atoms with E-state index in [1.54, 1.807) is 18.2 Å². The van der Waals surface area contributed by atoms with E-state index in [9.17, 15) is 9.59 Å². The molecule has 0 aliphatic heterocycles. The zero-order valence-corrected chi connectivity index (χ0v) is 13.3. The smallest absolute Gasteiger partial charge is 0.338 e. The number of amides is 1. The van der Waals surface area contributed by atoms with E-state index in [0.29, 0.717) is 11.5 Å². The van der Waals surface area contributed by atoms with E-state index in [2.05, 4.69) is 19.2 Å². The summed E-state index contributed by atoms with van der Waals surface area (Å²) in [5, 5.41) is 11.6. The topological polar surface area (TPSA) is 79.2 Å². The van der Waals surface area contributed by atoms with E-state index >= 15 is 0 Å². The van der Waals surface area contributed by atoms with Crippen molar-refractivity contribution in [1.82, 2.24) is 5.32 Å². The Hall–Kier alpha value is -2.35. The highest BCUT2D eigenvalue weighted by Crippen LogP contribution is 2.07. The van der Waals surface area contributed by atoms with Gasteiger partial charge in [-0.2, -0.15) is 5.26 Å². The molecule has 5 nitrogen and oxygen atoms in total. The molecule has 1 N–H and O–H groups in total. The molecule has 1 atom stereocenters. The van der Waals surface area contributed by atoms with Crippen LogP contribution in [-0.2, 0) is 9.53 Å². The molecule has 0 heterocycles. The van der Waals surface area contributed by atoms with E-state index in [0.717, 1.165) is 12.8 Å². The van der Waals surface area contributed by atoms with Crippen LogP contribution in [0, 0.1) is 17.2 Å². The first-order valence-corrected chi connectivity index (χ1v) is 7.39. The molecule has 22 heavy (non-hydrogen) atoms. The summed E-state index contributed by atoms with van der Waals surface area (Å²) < 4.78 is 4.96. The predicted molar refractivity (Wildman–Crippen MR) is 83.1 cm³/mol. The van der Waals surface area contributed by atoms with Gasteiger partial charge < -0.3 is 10.1 Å². The van der Waals surface area contributed by atoms with Crippen LogP contribution in [0.5, 0.6) is 0 Å². The summed E-state index contributed by atoms with van der Waals surface area (Å²) in [6.45, 7) is 5.87. The SMILES string of the molecule is CC(C)CCC(C)NC(=O)COC(=O)c1cccc(C#N)c1. The highest BCUT2D eigenvalue weighted by molar-refractivity contribution is 5.91. The lowest BCUT2D eigenvalue weighted by atomic mass is 10.0. The molecule has 1 amide bonds. The molecule has 0 fully saturated rings. The van der Waals surface area contributed by atoms with Crippen molar-refractivity contribution in [2.45, 2.75) is 39.7 Å². The van der Waals surface area contributed by atoms with Crippen molar-refractivity contribution in [2.75, 3.05) is 6.61 Å². The summed E-state index contributed by atoms with van der Waals surface area (Å²) >= 11 is 0. The molecular formula is C17H22N2O3. The van der Waals surface area contributed by atoms with E-state index in [-0.39, 0.29) is 24.1 Å². The first kappa shape index (κ1) is 17.7. The van der Waals surface area contributed by atoms with E-state index in [4.69, 9.17) is 10.00 Å². The van der Waals surface area contributed by atoms with Crippen LogP contribution in [0.2, 0.25) is 0 Å². The Morgan fingerprint density at radius 3 is 2.64 bits per heavy atom. The van der Waals surface area contributed by atoms with E-state index < -0.39 is 5.97 Å². The summed E-state index contributed by atoms with van der Waals surface area (Å²) in [5.74, 6) is -0.340. The molecular weight excluding hydrogens is 280 g/mol. The van der Waals surface area contributed by atoms with Gasteiger partial charge in [0, 0.05) is 6.04 Å². The van der Waals surface area contributed by atoms with Crippen LogP contribution < -0.4 is 5.32 Å². The molecule has 0 radical (unpaired) electrons. The van der Waals surface area contributed by atoms with Crippen molar-refractivity contribution in [1.29, 1.82) is 5.26 Å². The molecule has 0 aromatic heterocycles. The van der Waals surface area contributed by atoms with Gasteiger partial charge in [0.25, 0.3) is 5.91 Å². The largest absolute Gasteiger partial charge is 0.452 e. The second kappa shape index (κ2) is 8.83. The van der Waals surface area contributed by atoms with Crippen molar-refractivity contribution in [3.8, 4) is 6.07 Å². The first-order chi connectivity index (χ1) is 10.4. The standard InChI is InChI=1S/C17H22N2O3/c1-12(2)7-8-13(3)19-16(20)11-22-17(21)15-6-4-5-14(9-15)10-18/h4-6,9,12-13H,7-8,11H2,1-3H3,(H,19,20). The van der Waals surface area contributed by atoms with E-state index in [1.165, 1.54) is 6.07 Å². The second-order valence-corrected chi connectivity index (χ2v) is 5.71. The number of hydrogen-bond donors (Lipinski definition) is 1. The lowest BCUT2D eigenvalue weighted by Gasteiger charge is -2.15. The van der Waals surface area contributed by atoms with Crippen LogP contribution in [0.25, 0.3) is 0 Å². The molecule has 118 valence electrons. The number of nitrogens with zero attached hydrogens (tertiary/aromatic N) is 1. The number of esters is 1. The predicted octanol–water partition coefficient (Wildman–Crippen LogP) is 2.66. The van der Waals surface area contributed by atoms with Crippen LogP contribution in [0.3, 0.4) is 0 Å². The highest BCUT2D eigenvalue weighted by Gasteiger charge is 2.12. The number of benzene rings is 1. The van der Waals surface area contributed by atoms with Crippen molar-refractivity contribution in [3.05, 3.63) is 35.4 Å². The number of nitrogens with one attached hydrogen (secondary N) is 1. The Morgan fingerprint density at radius 1 is 1.27 bits per heavy atom. The Morgan fingerprint density at radius 2 is 2.00 bits per heavy atom. The molecule has 1 unspecified atom stereocenters. The molecule has 5 heteroatoms. The fraction of sp³-hybridized carbons (Fsp3) is 0.471. The zero-order chi connectivity index (χ0) is 16.5.